The fourth-order valence-electron chi connectivity index (χ4n) is 3.39. The number of sulfone groups is 1. The summed E-state index contributed by atoms with van der Waals surface area (Å²) >= 11 is 3.44. The van der Waals surface area contributed by atoms with E-state index in [4.69, 9.17) is 9.47 Å². The molecule has 1 atom stereocenters. The second kappa shape index (κ2) is 8.91. The third-order valence-corrected chi connectivity index (χ3v) is 7.34. The van der Waals surface area contributed by atoms with Gasteiger partial charge < -0.3 is 20.1 Å². The van der Waals surface area contributed by atoms with Gasteiger partial charge in [-0.05, 0) is 30.3 Å². The lowest BCUT2D eigenvalue weighted by Gasteiger charge is -2.25. The van der Waals surface area contributed by atoms with E-state index < -0.39 is 21.2 Å². The molecule has 0 spiro atoms. The number of nitrogens with one attached hydrogen (secondary N) is 2. The summed E-state index contributed by atoms with van der Waals surface area (Å²) in [6, 6.07) is 12.1. The summed E-state index contributed by atoms with van der Waals surface area (Å²) in [7, 11) is -2.60. The molecule has 2 heterocycles. The Hall–Kier alpha value is -2.53. The van der Waals surface area contributed by atoms with Crippen LogP contribution in [0.25, 0.3) is 10.9 Å². The highest BCUT2D eigenvalue weighted by Crippen LogP contribution is 2.36. The molecule has 0 radical (unpaired) electrons. The fourth-order valence-corrected chi connectivity index (χ4v) is 5.29. The number of esters is 1. The summed E-state index contributed by atoms with van der Waals surface area (Å²) in [5.74, 6) is -0.535. The molecule has 0 amide bonds. The van der Waals surface area contributed by atoms with E-state index in [9.17, 15) is 13.2 Å². The number of benzene rings is 2. The molecular weight excluding hydrogens is 486 g/mol. The summed E-state index contributed by atoms with van der Waals surface area (Å²) in [6.45, 7) is 1.06. The maximum Gasteiger partial charge on any atom is 0.339 e. The first-order valence-electron chi connectivity index (χ1n) is 9.50. The molecule has 1 aliphatic heterocycles. The van der Waals surface area contributed by atoms with Gasteiger partial charge in [0.05, 0.1) is 36.2 Å². The van der Waals surface area contributed by atoms with Crippen LogP contribution in [0, 0.1) is 0 Å². The number of anilines is 2. The monoisotopic (exact) mass is 505 g/mol. The topological polar surface area (TPSA) is 107 Å². The average Bonchev–Trinajstić information content (AvgIpc) is 2.79. The molecule has 1 fully saturated rings. The van der Waals surface area contributed by atoms with Crippen LogP contribution < -0.4 is 10.6 Å². The molecular formula is C21H20BrN3O5S. The highest BCUT2D eigenvalue weighted by Gasteiger charge is 2.33. The Morgan fingerprint density at radius 3 is 2.84 bits per heavy atom. The summed E-state index contributed by atoms with van der Waals surface area (Å²) in [5, 5.41) is 6.78. The summed E-state index contributed by atoms with van der Waals surface area (Å²) in [4.78, 5) is 16.6. The average molecular weight is 506 g/mol. The van der Waals surface area contributed by atoms with Gasteiger partial charge >= 0.3 is 5.97 Å². The Morgan fingerprint density at radius 2 is 2.10 bits per heavy atom. The molecule has 1 aliphatic rings. The maximum absolute atomic E-state index is 13.5. The smallest absolute Gasteiger partial charge is 0.339 e. The third kappa shape index (κ3) is 4.29. The van der Waals surface area contributed by atoms with Crippen molar-refractivity contribution in [3.05, 3.63) is 58.7 Å². The lowest BCUT2D eigenvalue weighted by atomic mass is 10.1. The largest absolute Gasteiger partial charge is 0.465 e. The first-order chi connectivity index (χ1) is 14.9. The lowest BCUT2D eigenvalue weighted by Crippen LogP contribution is -2.43. The molecule has 0 aliphatic carbocycles. The molecule has 31 heavy (non-hydrogen) atoms. The number of carbonyl (C=O) groups is 1. The number of rotatable bonds is 5. The zero-order valence-electron chi connectivity index (χ0n) is 16.6. The highest BCUT2D eigenvalue weighted by atomic mass is 79.9. The van der Waals surface area contributed by atoms with Crippen LogP contribution in [0.5, 0.6) is 0 Å². The van der Waals surface area contributed by atoms with Crippen LogP contribution >= 0.6 is 15.9 Å². The normalized spacial score (nSPS) is 16.8. The number of carbonyl (C=O) groups excluding carboxylic acids is 1. The van der Waals surface area contributed by atoms with E-state index in [-0.39, 0.29) is 17.0 Å². The minimum Gasteiger partial charge on any atom is -0.465 e. The summed E-state index contributed by atoms with van der Waals surface area (Å²) in [5.41, 5.74) is 0.577. The van der Waals surface area contributed by atoms with Crippen molar-refractivity contribution in [2.75, 3.05) is 32.1 Å². The Labute approximate surface area is 188 Å². The minimum atomic E-state index is -3.90. The zero-order chi connectivity index (χ0) is 22.0. The molecule has 162 valence electrons. The van der Waals surface area contributed by atoms with Crippen molar-refractivity contribution in [1.29, 1.82) is 0 Å². The number of halogens is 1. The molecule has 0 saturated carbocycles. The first kappa shape index (κ1) is 21.7. The van der Waals surface area contributed by atoms with Gasteiger partial charge in [-0.15, -0.1) is 0 Å². The van der Waals surface area contributed by atoms with Crippen molar-refractivity contribution in [1.82, 2.24) is 10.3 Å². The maximum atomic E-state index is 13.5. The van der Waals surface area contributed by atoms with Crippen molar-refractivity contribution in [2.45, 2.75) is 10.3 Å². The molecule has 0 bridgehead atoms. The second-order valence-electron chi connectivity index (χ2n) is 6.87. The number of nitrogens with zero attached hydrogens (tertiary/aromatic N) is 1. The molecule has 8 nitrogen and oxygen atoms in total. The van der Waals surface area contributed by atoms with Crippen molar-refractivity contribution in [2.24, 2.45) is 0 Å². The first-order valence-corrected chi connectivity index (χ1v) is 11.8. The number of fused-ring (bicyclic) bond motifs is 1. The van der Waals surface area contributed by atoms with Crippen LogP contribution in [0.1, 0.15) is 10.4 Å². The van der Waals surface area contributed by atoms with Gasteiger partial charge in [0.25, 0.3) is 0 Å². The van der Waals surface area contributed by atoms with Crippen LogP contribution in [0.4, 0.5) is 11.4 Å². The standard InChI is InChI=1S/C21H20BrN3O5S/c1-29-21(26)14-4-2-3-5-17(14)25-20-15-10-13(22)6-7-16(15)24-11-18(20)31(27,28)19-12-23-8-9-30-19/h2-7,10-11,19,23H,8-9,12H2,1H3,(H,24,25). The number of aromatic nitrogens is 1. The predicted molar refractivity (Wildman–Crippen MR) is 120 cm³/mol. The second-order valence-corrected chi connectivity index (χ2v) is 9.84. The number of morpholine rings is 1. The quantitative estimate of drug-likeness (QED) is 0.508. The minimum absolute atomic E-state index is 0.00790. The SMILES string of the molecule is COC(=O)c1ccccc1Nc1c(S(=O)(=O)C2CNCCO2)cnc2ccc(Br)cc12. The third-order valence-electron chi connectivity index (χ3n) is 4.93. The van der Waals surface area contributed by atoms with Crippen LogP contribution in [0.15, 0.2) is 58.0 Å². The molecule has 1 aromatic heterocycles. The highest BCUT2D eigenvalue weighted by molar-refractivity contribution is 9.10. The molecule has 3 aromatic rings. The van der Waals surface area contributed by atoms with Gasteiger partial charge in [0.2, 0.25) is 9.84 Å². The summed E-state index contributed by atoms with van der Waals surface area (Å²) < 4.78 is 38.1. The van der Waals surface area contributed by atoms with Crippen LogP contribution in [-0.2, 0) is 19.3 Å². The van der Waals surface area contributed by atoms with Crippen molar-refractivity contribution < 1.29 is 22.7 Å². The van der Waals surface area contributed by atoms with E-state index in [1.807, 2.05) is 6.07 Å². The zero-order valence-corrected chi connectivity index (χ0v) is 19.0. The van der Waals surface area contributed by atoms with E-state index in [0.29, 0.717) is 35.4 Å². The lowest BCUT2D eigenvalue weighted by molar-refractivity contribution is 0.0602. The van der Waals surface area contributed by atoms with Gasteiger partial charge in [-0.3, -0.25) is 4.98 Å². The van der Waals surface area contributed by atoms with Crippen molar-refractivity contribution in [3.63, 3.8) is 0 Å². The van der Waals surface area contributed by atoms with E-state index in [1.165, 1.54) is 13.3 Å². The van der Waals surface area contributed by atoms with Gasteiger partial charge in [-0.25, -0.2) is 13.2 Å². The van der Waals surface area contributed by atoms with E-state index in [0.717, 1.165) is 4.47 Å². The van der Waals surface area contributed by atoms with Gasteiger partial charge in [-0.1, -0.05) is 28.1 Å². The molecule has 1 unspecified atom stereocenters. The Balaban J connectivity index is 1.91. The van der Waals surface area contributed by atoms with Crippen LogP contribution in [-0.4, -0.2) is 51.6 Å². The Kier molecular flexibility index (Phi) is 6.24. The number of hydrogen-bond acceptors (Lipinski definition) is 8. The van der Waals surface area contributed by atoms with Gasteiger partial charge in [0.1, 0.15) is 4.90 Å². The molecule has 2 N–H and O–H groups in total. The fraction of sp³-hybridized carbons (Fsp3) is 0.238. The Bertz CT molecular complexity index is 1240. The Morgan fingerprint density at radius 1 is 1.29 bits per heavy atom. The molecule has 2 aromatic carbocycles. The number of para-hydroxylation sites is 1. The molecule has 4 rings (SSSR count). The number of pyridine rings is 1. The van der Waals surface area contributed by atoms with Gasteiger partial charge in [0.15, 0.2) is 5.44 Å². The van der Waals surface area contributed by atoms with E-state index >= 15 is 0 Å². The number of methoxy groups -OCH3 is 1. The molecule has 10 heteroatoms. The number of hydrogen-bond donors (Lipinski definition) is 2. The van der Waals surface area contributed by atoms with E-state index in [2.05, 4.69) is 31.5 Å². The van der Waals surface area contributed by atoms with Crippen LogP contribution in [0.2, 0.25) is 0 Å². The van der Waals surface area contributed by atoms with Crippen LogP contribution in [0.3, 0.4) is 0 Å². The van der Waals surface area contributed by atoms with Crippen molar-refractivity contribution in [3.8, 4) is 0 Å². The van der Waals surface area contributed by atoms with Gasteiger partial charge in [-0.2, -0.15) is 0 Å². The number of ether oxygens (including phenoxy) is 2. The van der Waals surface area contributed by atoms with E-state index in [1.54, 1.807) is 36.4 Å². The van der Waals surface area contributed by atoms with Gasteiger partial charge in [0, 0.05) is 29.1 Å². The molecule has 1 saturated heterocycles. The summed E-state index contributed by atoms with van der Waals surface area (Å²) in [6.07, 6.45) is 1.33. The predicted octanol–water partition coefficient (Wildman–Crippen LogP) is 3.25. The van der Waals surface area contributed by atoms with Crippen molar-refractivity contribution >= 4 is 54.0 Å².